The maximum Gasteiger partial charge on any atom is 0.342 e. The lowest BCUT2D eigenvalue weighted by Crippen LogP contribution is -2.09. The van der Waals surface area contributed by atoms with Crippen molar-refractivity contribution in [2.75, 3.05) is 6.61 Å². The minimum atomic E-state index is -0.795. The lowest BCUT2D eigenvalue weighted by atomic mass is 10.2. The highest BCUT2D eigenvalue weighted by Gasteiger charge is 2.19. The fourth-order valence-corrected chi connectivity index (χ4v) is 1.35. The minimum Gasteiger partial charge on any atom is -0.462 e. The second-order valence-electron chi connectivity index (χ2n) is 2.31. The molecular formula is C8H6BrClFNO2. The quantitative estimate of drug-likeness (QED) is 0.618. The molecule has 6 heteroatoms. The molecule has 0 bridgehead atoms. The van der Waals surface area contributed by atoms with Crippen molar-refractivity contribution in [3.63, 3.8) is 0 Å². The number of rotatable bonds is 2. The van der Waals surface area contributed by atoms with E-state index in [9.17, 15) is 9.18 Å². The summed E-state index contributed by atoms with van der Waals surface area (Å²) < 4.78 is 18.0. The first-order chi connectivity index (χ1) is 6.57. The maximum absolute atomic E-state index is 13.1. The fourth-order valence-electron chi connectivity index (χ4n) is 0.833. The first kappa shape index (κ1) is 11.4. The third-order valence-electron chi connectivity index (χ3n) is 1.41. The Hall–Kier alpha value is -0.680. The molecule has 0 spiro atoms. The van der Waals surface area contributed by atoms with Crippen LogP contribution in [0.1, 0.15) is 17.3 Å². The Kier molecular flexibility index (Phi) is 3.83. The van der Waals surface area contributed by atoms with Crippen molar-refractivity contribution in [1.82, 2.24) is 4.98 Å². The zero-order valence-electron chi connectivity index (χ0n) is 7.18. The molecule has 0 aromatic carbocycles. The van der Waals surface area contributed by atoms with Crippen molar-refractivity contribution in [1.29, 1.82) is 0 Å². The molecule has 0 fully saturated rings. The van der Waals surface area contributed by atoms with Crippen LogP contribution in [0.15, 0.2) is 10.8 Å². The highest BCUT2D eigenvalue weighted by Crippen LogP contribution is 2.26. The van der Waals surface area contributed by atoms with Crippen LogP contribution >= 0.6 is 27.5 Å². The Morgan fingerprint density at radius 1 is 1.79 bits per heavy atom. The van der Waals surface area contributed by atoms with E-state index in [0.29, 0.717) is 0 Å². The normalized spacial score (nSPS) is 10.0. The zero-order chi connectivity index (χ0) is 10.7. The SMILES string of the molecule is CCOC(=O)c1c(F)cnc(Br)c1Cl. The van der Waals surface area contributed by atoms with Crippen molar-refractivity contribution in [3.8, 4) is 0 Å². The number of aromatic nitrogens is 1. The van der Waals surface area contributed by atoms with Gasteiger partial charge in [-0.1, -0.05) is 11.6 Å². The third kappa shape index (κ3) is 2.22. The van der Waals surface area contributed by atoms with Crippen LogP contribution in [-0.2, 0) is 4.74 Å². The van der Waals surface area contributed by atoms with Crippen LogP contribution in [0.2, 0.25) is 5.02 Å². The van der Waals surface area contributed by atoms with E-state index in [-0.39, 0.29) is 21.8 Å². The van der Waals surface area contributed by atoms with Gasteiger partial charge < -0.3 is 4.74 Å². The molecule has 0 aliphatic heterocycles. The fraction of sp³-hybridized carbons (Fsp3) is 0.250. The van der Waals surface area contributed by atoms with E-state index >= 15 is 0 Å². The van der Waals surface area contributed by atoms with E-state index in [4.69, 9.17) is 11.6 Å². The second kappa shape index (κ2) is 4.70. The van der Waals surface area contributed by atoms with Crippen molar-refractivity contribution < 1.29 is 13.9 Å². The van der Waals surface area contributed by atoms with Gasteiger partial charge in [0.25, 0.3) is 0 Å². The van der Waals surface area contributed by atoms with Gasteiger partial charge in [-0.15, -0.1) is 0 Å². The number of esters is 1. The molecule has 0 radical (unpaired) electrons. The van der Waals surface area contributed by atoms with Gasteiger partial charge in [-0.05, 0) is 22.9 Å². The molecule has 1 aromatic rings. The van der Waals surface area contributed by atoms with Crippen LogP contribution in [-0.4, -0.2) is 17.6 Å². The van der Waals surface area contributed by atoms with Gasteiger partial charge in [-0.3, -0.25) is 0 Å². The van der Waals surface area contributed by atoms with E-state index in [1.54, 1.807) is 6.92 Å². The molecule has 0 amide bonds. The molecule has 3 nitrogen and oxygen atoms in total. The molecule has 0 atom stereocenters. The second-order valence-corrected chi connectivity index (χ2v) is 3.44. The van der Waals surface area contributed by atoms with E-state index in [1.165, 1.54) is 0 Å². The Balaban J connectivity index is 3.18. The summed E-state index contributed by atoms with van der Waals surface area (Å²) in [4.78, 5) is 14.8. The molecule has 76 valence electrons. The van der Waals surface area contributed by atoms with Gasteiger partial charge in [0.05, 0.1) is 17.8 Å². The molecule has 0 unspecified atom stereocenters. The highest BCUT2D eigenvalue weighted by molar-refractivity contribution is 9.10. The molecular weight excluding hydrogens is 276 g/mol. The predicted molar refractivity (Wildman–Crippen MR) is 52.9 cm³/mol. The monoisotopic (exact) mass is 281 g/mol. The molecule has 1 aromatic heterocycles. The van der Waals surface area contributed by atoms with Crippen LogP contribution in [0.3, 0.4) is 0 Å². The van der Waals surface area contributed by atoms with Crippen molar-refractivity contribution in [2.24, 2.45) is 0 Å². The van der Waals surface area contributed by atoms with E-state index in [2.05, 4.69) is 25.7 Å². The third-order valence-corrected chi connectivity index (χ3v) is 2.61. The van der Waals surface area contributed by atoms with E-state index < -0.39 is 11.8 Å². The lowest BCUT2D eigenvalue weighted by Gasteiger charge is -2.05. The first-order valence-electron chi connectivity index (χ1n) is 3.74. The minimum absolute atomic E-state index is 0.0801. The van der Waals surface area contributed by atoms with Gasteiger partial charge >= 0.3 is 5.97 Å². The number of hydrogen-bond acceptors (Lipinski definition) is 3. The summed E-state index contributed by atoms with van der Waals surface area (Å²) in [6, 6.07) is 0. The topological polar surface area (TPSA) is 39.2 Å². The van der Waals surface area contributed by atoms with Crippen LogP contribution in [0.4, 0.5) is 4.39 Å². The smallest absolute Gasteiger partial charge is 0.342 e. The van der Waals surface area contributed by atoms with E-state index in [1.807, 2.05) is 0 Å². The molecule has 0 saturated heterocycles. The Bertz CT molecular complexity index is 373. The maximum atomic E-state index is 13.1. The number of halogens is 3. The molecule has 0 aliphatic carbocycles. The van der Waals surface area contributed by atoms with Crippen molar-refractivity contribution >= 4 is 33.5 Å². The predicted octanol–water partition coefficient (Wildman–Crippen LogP) is 2.81. The summed E-state index contributed by atoms with van der Waals surface area (Å²) in [7, 11) is 0. The van der Waals surface area contributed by atoms with Gasteiger partial charge in [0, 0.05) is 0 Å². The summed E-state index contributed by atoms with van der Waals surface area (Å²) in [5, 5.41) is -0.0801. The van der Waals surface area contributed by atoms with Crippen LogP contribution < -0.4 is 0 Å². The van der Waals surface area contributed by atoms with E-state index in [0.717, 1.165) is 6.20 Å². The number of hydrogen-bond donors (Lipinski definition) is 0. The summed E-state index contributed by atoms with van der Waals surface area (Å²) in [6.07, 6.45) is 0.905. The summed E-state index contributed by atoms with van der Waals surface area (Å²) in [5.74, 6) is -1.59. The standard InChI is InChI=1S/C8H6BrClFNO2/c1-2-14-8(13)5-4(11)3-12-7(9)6(5)10/h3H,2H2,1H3. The summed E-state index contributed by atoms with van der Waals surface area (Å²) >= 11 is 8.66. The number of carbonyl (C=O) groups excluding carboxylic acids is 1. The molecule has 14 heavy (non-hydrogen) atoms. The molecule has 0 N–H and O–H groups in total. The summed E-state index contributed by atoms with van der Waals surface area (Å²) in [6.45, 7) is 1.79. The van der Waals surface area contributed by atoms with Gasteiger partial charge in [0.15, 0.2) is 5.82 Å². The number of carbonyl (C=O) groups is 1. The van der Waals surface area contributed by atoms with Gasteiger partial charge in [0.2, 0.25) is 0 Å². The number of ether oxygens (including phenoxy) is 1. The van der Waals surface area contributed by atoms with Gasteiger partial charge in [-0.2, -0.15) is 0 Å². The highest BCUT2D eigenvalue weighted by atomic mass is 79.9. The lowest BCUT2D eigenvalue weighted by molar-refractivity contribution is 0.0521. The molecule has 0 aliphatic rings. The molecule has 1 rings (SSSR count). The van der Waals surface area contributed by atoms with Gasteiger partial charge in [0.1, 0.15) is 10.2 Å². The largest absolute Gasteiger partial charge is 0.462 e. The molecule has 1 heterocycles. The summed E-state index contributed by atoms with van der Waals surface area (Å²) in [5.41, 5.74) is -0.296. The average molecular weight is 282 g/mol. The van der Waals surface area contributed by atoms with Crippen LogP contribution in [0.25, 0.3) is 0 Å². The number of nitrogens with zero attached hydrogens (tertiary/aromatic N) is 1. The van der Waals surface area contributed by atoms with Crippen molar-refractivity contribution in [3.05, 3.63) is 27.2 Å². The number of pyridine rings is 1. The van der Waals surface area contributed by atoms with Gasteiger partial charge in [-0.25, -0.2) is 14.2 Å². The average Bonchev–Trinajstić information content (AvgIpc) is 2.13. The van der Waals surface area contributed by atoms with Crippen LogP contribution in [0.5, 0.6) is 0 Å². The van der Waals surface area contributed by atoms with Crippen LogP contribution in [0, 0.1) is 5.82 Å². The Morgan fingerprint density at radius 3 is 3.00 bits per heavy atom. The van der Waals surface area contributed by atoms with Crippen molar-refractivity contribution in [2.45, 2.75) is 6.92 Å². The first-order valence-corrected chi connectivity index (χ1v) is 4.91. The zero-order valence-corrected chi connectivity index (χ0v) is 9.52. The Labute approximate surface area is 93.4 Å². The molecule has 0 saturated carbocycles. The Morgan fingerprint density at radius 2 is 2.43 bits per heavy atom.